The van der Waals surface area contributed by atoms with Crippen LogP contribution in [0.4, 0.5) is 9.93 Å². The van der Waals surface area contributed by atoms with E-state index in [4.69, 9.17) is 0 Å². The zero-order valence-corrected chi connectivity index (χ0v) is 18.7. The standard InChI is InChI=1S/C21H33N5O3S/c1-14(2)19(28)25-21-24-17(13-30-21)12-18(27)26-10-8-16(9-11-26)23-20(29)22-15-6-4-3-5-7-15/h13-16H,3-12H2,1-2H3,(H2,22,23,29)(H,24,25,28). The molecule has 0 radical (unpaired) electrons. The summed E-state index contributed by atoms with van der Waals surface area (Å²) in [7, 11) is 0. The number of aromatic nitrogens is 1. The number of rotatable bonds is 6. The summed E-state index contributed by atoms with van der Waals surface area (Å²) in [6.45, 7) is 4.92. The maximum absolute atomic E-state index is 12.6. The van der Waals surface area contributed by atoms with Crippen LogP contribution in [0.3, 0.4) is 0 Å². The summed E-state index contributed by atoms with van der Waals surface area (Å²) in [4.78, 5) is 42.8. The van der Waals surface area contributed by atoms with Crippen molar-refractivity contribution in [1.82, 2.24) is 20.5 Å². The number of amides is 4. The Morgan fingerprint density at radius 3 is 2.33 bits per heavy atom. The predicted molar refractivity (Wildman–Crippen MR) is 117 cm³/mol. The van der Waals surface area contributed by atoms with Crippen molar-refractivity contribution < 1.29 is 14.4 Å². The van der Waals surface area contributed by atoms with E-state index in [-0.39, 0.29) is 36.2 Å². The van der Waals surface area contributed by atoms with Gasteiger partial charge in [-0.25, -0.2) is 9.78 Å². The van der Waals surface area contributed by atoms with Gasteiger partial charge in [0.1, 0.15) is 0 Å². The normalized spacial score (nSPS) is 18.3. The van der Waals surface area contributed by atoms with E-state index in [1.165, 1.54) is 30.6 Å². The zero-order chi connectivity index (χ0) is 21.5. The molecule has 4 amide bonds. The fourth-order valence-corrected chi connectivity index (χ4v) is 4.61. The Bertz CT molecular complexity index is 737. The number of piperidine rings is 1. The molecule has 2 aliphatic rings. The van der Waals surface area contributed by atoms with Crippen LogP contribution >= 0.6 is 11.3 Å². The quantitative estimate of drug-likeness (QED) is 0.639. The van der Waals surface area contributed by atoms with Crippen LogP contribution in [0, 0.1) is 5.92 Å². The highest BCUT2D eigenvalue weighted by Crippen LogP contribution is 2.19. The van der Waals surface area contributed by atoms with E-state index in [1.54, 1.807) is 0 Å². The van der Waals surface area contributed by atoms with Gasteiger partial charge in [-0.1, -0.05) is 33.1 Å². The smallest absolute Gasteiger partial charge is 0.315 e. The molecule has 8 nitrogen and oxygen atoms in total. The first-order valence-corrected chi connectivity index (χ1v) is 11.9. The van der Waals surface area contributed by atoms with E-state index in [1.807, 2.05) is 24.1 Å². The molecule has 1 aromatic rings. The average molecular weight is 436 g/mol. The molecule has 1 saturated carbocycles. The van der Waals surface area contributed by atoms with Gasteiger partial charge in [0.25, 0.3) is 0 Å². The number of hydrogen-bond acceptors (Lipinski definition) is 5. The van der Waals surface area contributed by atoms with Gasteiger partial charge in [0.05, 0.1) is 12.1 Å². The van der Waals surface area contributed by atoms with Crippen molar-refractivity contribution in [2.24, 2.45) is 5.92 Å². The molecular formula is C21H33N5O3S. The second-order valence-corrected chi connectivity index (χ2v) is 9.43. The Labute approximate surface area is 182 Å². The Kier molecular flexibility index (Phi) is 8.07. The van der Waals surface area contributed by atoms with Crippen LogP contribution in [-0.4, -0.2) is 52.9 Å². The summed E-state index contributed by atoms with van der Waals surface area (Å²) in [6.07, 6.45) is 7.54. The molecule has 0 spiro atoms. The molecule has 3 rings (SSSR count). The Balaban J connectivity index is 1.38. The molecule has 0 atom stereocenters. The number of hydrogen-bond donors (Lipinski definition) is 3. The molecule has 1 aliphatic heterocycles. The lowest BCUT2D eigenvalue weighted by atomic mass is 9.96. The van der Waals surface area contributed by atoms with Crippen LogP contribution in [0.25, 0.3) is 0 Å². The predicted octanol–water partition coefficient (Wildman–Crippen LogP) is 2.90. The fourth-order valence-electron chi connectivity index (χ4n) is 3.89. The summed E-state index contributed by atoms with van der Waals surface area (Å²) < 4.78 is 0. The minimum atomic E-state index is -0.112. The third-order valence-electron chi connectivity index (χ3n) is 5.76. The van der Waals surface area contributed by atoms with Crippen molar-refractivity contribution in [3.8, 4) is 0 Å². The van der Waals surface area contributed by atoms with Gasteiger partial charge in [0.2, 0.25) is 11.8 Å². The summed E-state index contributed by atoms with van der Waals surface area (Å²) in [5.74, 6) is -0.157. The first kappa shape index (κ1) is 22.5. The number of anilines is 1. The number of carbonyl (C=O) groups excluding carboxylic acids is 3. The maximum atomic E-state index is 12.6. The van der Waals surface area contributed by atoms with Crippen molar-refractivity contribution in [3.63, 3.8) is 0 Å². The molecule has 0 unspecified atom stereocenters. The lowest BCUT2D eigenvalue weighted by molar-refractivity contribution is -0.131. The molecule has 1 aliphatic carbocycles. The molecule has 2 heterocycles. The molecular weight excluding hydrogens is 402 g/mol. The van der Waals surface area contributed by atoms with Crippen molar-refractivity contribution in [1.29, 1.82) is 0 Å². The average Bonchev–Trinajstić information content (AvgIpc) is 3.15. The fraction of sp³-hybridized carbons (Fsp3) is 0.714. The molecule has 1 aromatic heterocycles. The van der Waals surface area contributed by atoms with Crippen molar-refractivity contribution >= 4 is 34.3 Å². The lowest BCUT2D eigenvalue weighted by Gasteiger charge is -2.33. The van der Waals surface area contributed by atoms with Gasteiger partial charge >= 0.3 is 6.03 Å². The Morgan fingerprint density at radius 1 is 1.07 bits per heavy atom. The SMILES string of the molecule is CC(C)C(=O)Nc1nc(CC(=O)N2CCC(NC(=O)NC3CCCCC3)CC2)cs1. The number of carbonyl (C=O) groups is 3. The van der Waals surface area contributed by atoms with Crippen molar-refractivity contribution in [3.05, 3.63) is 11.1 Å². The largest absolute Gasteiger partial charge is 0.342 e. The second kappa shape index (κ2) is 10.7. The van der Waals surface area contributed by atoms with Crippen LogP contribution < -0.4 is 16.0 Å². The van der Waals surface area contributed by atoms with Gasteiger partial charge in [0.15, 0.2) is 5.13 Å². The number of likely N-dealkylation sites (tertiary alicyclic amines) is 1. The van der Waals surface area contributed by atoms with E-state index in [0.29, 0.717) is 30.0 Å². The maximum Gasteiger partial charge on any atom is 0.315 e. The second-order valence-electron chi connectivity index (χ2n) is 8.57. The number of thiazole rings is 1. The highest BCUT2D eigenvalue weighted by molar-refractivity contribution is 7.13. The van der Waals surface area contributed by atoms with Crippen LogP contribution in [0.5, 0.6) is 0 Å². The monoisotopic (exact) mass is 435 g/mol. The van der Waals surface area contributed by atoms with E-state index in [2.05, 4.69) is 20.9 Å². The van der Waals surface area contributed by atoms with E-state index in [9.17, 15) is 14.4 Å². The summed E-state index contributed by atoms with van der Waals surface area (Å²) in [5, 5.41) is 11.3. The number of urea groups is 1. The molecule has 9 heteroatoms. The van der Waals surface area contributed by atoms with Crippen LogP contribution in [0.15, 0.2) is 5.38 Å². The number of nitrogens with one attached hydrogen (secondary N) is 3. The van der Waals surface area contributed by atoms with Gasteiger partial charge in [-0.15, -0.1) is 11.3 Å². The summed E-state index contributed by atoms with van der Waals surface area (Å²) >= 11 is 1.34. The Morgan fingerprint density at radius 2 is 1.70 bits per heavy atom. The molecule has 166 valence electrons. The van der Waals surface area contributed by atoms with Crippen LogP contribution in [0.2, 0.25) is 0 Å². The van der Waals surface area contributed by atoms with Gasteiger partial charge < -0.3 is 20.9 Å². The van der Waals surface area contributed by atoms with Crippen molar-refractivity contribution in [2.75, 3.05) is 18.4 Å². The lowest BCUT2D eigenvalue weighted by Crippen LogP contribution is -2.51. The minimum absolute atomic E-state index is 0.0344. The minimum Gasteiger partial charge on any atom is -0.342 e. The Hall–Kier alpha value is -2.16. The first-order chi connectivity index (χ1) is 14.4. The molecule has 30 heavy (non-hydrogen) atoms. The highest BCUT2D eigenvalue weighted by Gasteiger charge is 2.25. The third-order valence-corrected chi connectivity index (χ3v) is 6.57. The summed E-state index contributed by atoms with van der Waals surface area (Å²) in [6, 6.07) is 0.327. The van der Waals surface area contributed by atoms with Crippen molar-refractivity contribution in [2.45, 2.75) is 77.3 Å². The van der Waals surface area contributed by atoms with Gasteiger partial charge in [-0.2, -0.15) is 0 Å². The van der Waals surface area contributed by atoms with E-state index < -0.39 is 0 Å². The molecule has 3 N–H and O–H groups in total. The molecule has 0 bridgehead atoms. The molecule has 2 fully saturated rings. The van der Waals surface area contributed by atoms with E-state index >= 15 is 0 Å². The first-order valence-electron chi connectivity index (χ1n) is 11.0. The van der Waals surface area contributed by atoms with Crippen LogP contribution in [0.1, 0.15) is 64.5 Å². The topological polar surface area (TPSA) is 103 Å². The summed E-state index contributed by atoms with van der Waals surface area (Å²) in [5.41, 5.74) is 0.677. The molecule has 1 saturated heterocycles. The van der Waals surface area contributed by atoms with Gasteiger partial charge in [0, 0.05) is 36.5 Å². The van der Waals surface area contributed by atoms with Crippen LogP contribution in [-0.2, 0) is 16.0 Å². The molecule has 0 aromatic carbocycles. The third kappa shape index (κ3) is 6.68. The zero-order valence-electron chi connectivity index (χ0n) is 17.9. The number of nitrogens with zero attached hydrogens (tertiary/aromatic N) is 2. The van der Waals surface area contributed by atoms with Gasteiger partial charge in [-0.05, 0) is 25.7 Å². The van der Waals surface area contributed by atoms with E-state index in [0.717, 1.165) is 25.7 Å². The van der Waals surface area contributed by atoms with Gasteiger partial charge in [-0.3, -0.25) is 9.59 Å². The highest BCUT2D eigenvalue weighted by atomic mass is 32.1.